The van der Waals surface area contributed by atoms with Crippen LogP contribution in [0.4, 0.5) is 10.1 Å². The van der Waals surface area contributed by atoms with Gasteiger partial charge < -0.3 is 9.88 Å². The molecular formula is C17H20ClFN4OS. The van der Waals surface area contributed by atoms with Crippen LogP contribution in [0.25, 0.3) is 0 Å². The molecule has 1 aliphatic rings. The highest BCUT2D eigenvalue weighted by Crippen LogP contribution is 2.34. The Labute approximate surface area is 155 Å². The Kier molecular flexibility index (Phi) is 5.96. The van der Waals surface area contributed by atoms with Crippen LogP contribution in [0.1, 0.15) is 44.3 Å². The molecule has 0 bridgehead atoms. The number of halogens is 2. The zero-order valence-electron chi connectivity index (χ0n) is 14.0. The van der Waals surface area contributed by atoms with E-state index in [0.29, 0.717) is 11.6 Å². The maximum absolute atomic E-state index is 13.2. The Bertz CT molecular complexity index is 761. The molecule has 1 aliphatic carbocycles. The van der Waals surface area contributed by atoms with E-state index in [1.807, 2.05) is 0 Å². The molecule has 0 aliphatic heterocycles. The summed E-state index contributed by atoms with van der Waals surface area (Å²) < 4.78 is 15.3. The predicted molar refractivity (Wildman–Crippen MR) is 97.7 cm³/mol. The summed E-state index contributed by atoms with van der Waals surface area (Å²) in [6.45, 7) is 2.85. The van der Waals surface area contributed by atoms with Crippen molar-refractivity contribution >= 4 is 35.0 Å². The molecular weight excluding hydrogens is 363 g/mol. The van der Waals surface area contributed by atoms with E-state index in [0.717, 1.165) is 30.4 Å². The van der Waals surface area contributed by atoms with E-state index in [1.54, 1.807) is 0 Å². The van der Waals surface area contributed by atoms with Crippen molar-refractivity contribution in [3.05, 3.63) is 34.9 Å². The SMILES string of the molecule is CCn1c(SCC(=O)Nc2ccc(F)c(Cl)c2)nnc1C1CCCC1. The van der Waals surface area contributed by atoms with Crippen molar-refractivity contribution in [3.63, 3.8) is 0 Å². The van der Waals surface area contributed by atoms with Crippen LogP contribution in [0, 0.1) is 5.82 Å². The number of carbonyl (C=O) groups is 1. The molecule has 5 nitrogen and oxygen atoms in total. The van der Waals surface area contributed by atoms with E-state index in [4.69, 9.17) is 11.6 Å². The topological polar surface area (TPSA) is 59.8 Å². The maximum Gasteiger partial charge on any atom is 0.234 e. The molecule has 0 unspecified atom stereocenters. The first-order chi connectivity index (χ1) is 12.1. The van der Waals surface area contributed by atoms with Crippen LogP contribution in [0.5, 0.6) is 0 Å². The van der Waals surface area contributed by atoms with Gasteiger partial charge in [0.15, 0.2) is 5.16 Å². The highest BCUT2D eigenvalue weighted by Gasteiger charge is 2.24. The average molecular weight is 383 g/mol. The van der Waals surface area contributed by atoms with Crippen molar-refractivity contribution in [1.82, 2.24) is 14.8 Å². The summed E-state index contributed by atoms with van der Waals surface area (Å²) in [6.07, 6.45) is 4.81. The largest absolute Gasteiger partial charge is 0.325 e. The van der Waals surface area contributed by atoms with E-state index >= 15 is 0 Å². The third-order valence-electron chi connectivity index (χ3n) is 4.32. The minimum atomic E-state index is -0.510. The van der Waals surface area contributed by atoms with E-state index < -0.39 is 5.82 Å². The summed E-state index contributed by atoms with van der Waals surface area (Å²) in [5.74, 6) is 1.02. The first-order valence-corrected chi connectivity index (χ1v) is 9.75. The maximum atomic E-state index is 13.2. The monoisotopic (exact) mass is 382 g/mol. The van der Waals surface area contributed by atoms with Gasteiger partial charge in [-0.3, -0.25) is 4.79 Å². The number of nitrogens with one attached hydrogen (secondary N) is 1. The molecule has 3 rings (SSSR count). The minimum Gasteiger partial charge on any atom is -0.325 e. The molecule has 25 heavy (non-hydrogen) atoms. The second-order valence-electron chi connectivity index (χ2n) is 6.03. The van der Waals surface area contributed by atoms with Gasteiger partial charge in [0.25, 0.3) is 0 Å². The Morgan fingerprint density at radius 2 is 2.16 bits per heavy atom. The number of anilines is 1. The number of benzene rings is 1. The number of hydrogen-bond acceptors (Lipinski definition) is 4. The van der Waals surface area contributed by atoms with Crippen LogP contribution in [-0.2, 0) is 11.3 Å². The van der Waals surface area contributed by atoms with Crippen molar-refractivity contribution < 1.29 is 9.18 Å². The Balaban J connectivity index is 1.61. The Morgan fingerprint density at radius 3 is 2.84 bits per heavy atom. The third kappa shape index (κ3) is 4.33. The Morgan fingerprint density at radius 1 is 1.40 bits per heavy atom. The van der Waals surface area contributed by atoms with Crippen LogP contribution in [0.3, 0.4) is 0 Å². The van der Waals surface area contributed by atoms with Gasteiger partial charge in [-0.05, 0) is 38.0 Å². The van der Waals surface area contributed by atoms with Crippen LogP contribution < -0.4 is 5.32 Å². The molecule has 1 fully saturated rings. The number of thioether (sulfide) groups is 1. The molecule has 1 aromatic heterocycles. The second kappa shape index (κ2) is 8.19. The first kappa shape index (κ1) is 18.2. The molecule has 0 spiro atoms. The number of hydrogen-bond donors (Lipinski definition) is 1. The number of rotatable bonds is 6. The zero-order valence-corrected chi connectivity index (χ0v) is 15.5. The first-order valence-electron chi connectivity index (χ1n) is 8.39. The number of carbonyl (C=O) groups excluding carboxylic acids is 1. The molecule has 1 heterocycles. The lowest BCUT2D eigenvalue weighted by Gasteiger charge is -2.11. The minimum absolute atomic E-state index is 0.0163. The summed E-state index contributed by atoms with van der Waals surface area (Å²) in [5.41, 5.74) is 0.473. The molecule has 1 amide bonds. The van der Waals surface area contributed by atoms with Crippen molar-refractivity contribution in [2.45, 2.75) is 50.2 Å². The molecule has 0 atom stereocenters. The van der Waals surface area contributed by atoms with E-state index in [9.17, 15) is 9.18 Å². The fourth-order valence-electron chi connectivity index (χ4n) is 3.09. The molecule has 1 N–H and O–H groups in total. The lowest BCUT2D eigenvalue weighted by molar-refractivity contribution is -0.113. The summed E-state index contributed by atoms with van der Waals surface area (Å²) in [7, 11) is 0. The van der Waals surface area contributed by atoms with Gasteiger partial charge in [0, 0.05) is 18.2 Å². The lowest BCUT2D eigenvalue weighted by Crippen LogP contribution is -2.15. The van der Waals surface area contributed by atoms with Gasteiger partial charge in [-0.15, -0.1) is 10.2 Å². The van der Waals surface area contributed by atoms with Gasteiger partial charge >= 0.3 is 0 Å². The summed E-state index contributed by atoms with van der Waals surface area (Å²) in [6, 6.07) is 4.11. The molecule has 8 heteroatoms. The zero-order chi connectivity index (χ0) is 17.8. The van der Waals surface area contributed by atoms with Crippen molar-refractivity contribution in [1.29, 1.82) is 0 Å². The summed E-state index contributed by atoms with van der Waals surface area (Å²) in [5, 5.41) is 12.1. The average Bonchev–Trinajstić information content (AvgIpc) is 3.24. The third-order valence-corrected chi connectivity index (χ3v) is 5.57. The normalized spacial score (nSPS) is 14.8. The van der Waals surface area contributed by atoms with Crippen molar-refractivity contribution in [2.75, 3.05) is 11.1 Å². The quantitative estimate of drug-likeness (QED) is 0.748. The van der Waals surface area contributed by atoms with Crippen LogP contribution in [0.2, 0.25) is 5.02 Å². The highest BCUT2D eigenvalue weighted by molar-refractivity contribution is 7.99. The number of amides is 1. The smallest absolute Gasteiger partial charge is 0.234 e. The van der Waals surface area contributed by atoms with Gasteiger partial charge in [-0.2, -0.15) is 0 Å². The molecule has 2 aromatic rings. The van der Waals surface area contributed by atoms with Crippen LogP contribution in [-0.4, -0.2) is 26.4 Å². The van der Waals surface area contributed by atoms with Crippen molar-refractivity contribution in [3.8, 4) is 0 Å². The van der Waals surface area contributed by atoms with Gasteiger partial charge in [0.1, 0.15) is 11.6 Å². The molecule has 1 saturated carbocycles. The fraction of sp³-hybridized carbons (Fsp3) is 0.471. The lowest BCUT2D eigenvalue weighted by atomic mass is 10.1. The summed E-state index contributed by atoms with van der Waals surface area (Å²) >= 11 is 7.08. The summed E-state index contributed by atoms with van der Waals surface area (Å²) in [4.78, 5) is 12.1. The van der Waals surface area contributed by atoms with Gasteiger partial charge in [-0.1, -0.05) is 36.2 Å². The van der Waals surface area contributed by atoms with Crippen LogP contribution >= 0.6 is 23.4 Å². The second-order valence-corrected chi connectivity index (χ2v) is 7.38. The van der Waals surface area contributed by atoms with E-state index in [-0.39, 0.29) is 16.7 Å². The molecule has 0 saturated heterocycles. The molecule has 134 valence electrons. The van der Waals surface area contributed by atoms with Crippen molar-refractivity contribution in [2.24, 2.45) is 0 Å². The van der Waals surface area contributed by atoms with Gasteiger partial charge in [0.05, 0.1) is 10.8 Å². The van der Waals surface area contributed by atoms with E-state index in [1.165, 1.54) is 42.8 Å². The Hall–Kier alpha value is -1.60. The number of nitrogens with zero attached hydrogens (tertiary/aromatic N) is 3. The molecule has 0 radical (unpaired) electrons. The van der Waals surface area contributed by atoms with E-state index in [2.05, 4.69) is 27.0 Å². The number of aromatic nitrogens is 3. The van der Waals surface area contributed by atoms with Crippen LogP contribution in [0.15, 0.2) is 23.4 Å². The van der Waals surface area contributed by atoms with Gasteiger partial charge in [0.2, 0.25) is 5.91 Å². The fourth-order valence-corrected chi connectivity index (χ4v) is 4.08. The van der Waals surface area contributed by atoms with Gasteiger partial charge in [-0.25, -0.2) is 4.39 Å². The highest BCUT2D eigenvalue weighted by atomic mass is 35.5. The predicted octanol–water partition coefficient (Wildman–Crippen LogP) is 4.48. The standard InChI is InChI=1S/C17H20ClFN4OS/c1-2-23-16(11-5-3-4-6-11)21-22-17(23)25-10-15(24)20-12-7-8-14(19)13(18)9-12/h7-9,11H,2-6,10H2,1H3,(H,20,24). The molecule has 1 aromatic carbocycles.